The molecule has 0 aromatic carbocycles. The number of hydrogen-bond acceptors (Lipinski definition) is 5. The Kier molecular flexibility index (Phi) is 3.55. The monoisotopic (exact) mass is 252 g/mol. The molecule has 0 saturated carbocycles. The van der Waals surface area contributed by atoms with Crippen molar-refractivity contribution in [3.63, 3.8) is 0 Å². The number of aliphatic hydroxyl groups is 1. The normalized spacial score (nSPS) is 12.4. The average Bonchev–Trinajstić information content (AvgIpc) is 2.98. The van der Waals surface area contributed by atoms with Crippen LogP contribution in [0.5, 0.6) is 0 Å². The van der Waals surface area contributed by atoms with Crippen LogP contribution in [0.3, 0.4) is 0 Å². The van der Waals surface area contributed by atoms with Gasteiger partial charge in [-0.05, 0) is 18.4 Å². The lowest BCUT2D eigenvalue weighted by Gasteiger charge is -2.09. The zero-order valence-corrected chi connectivity index (χ0v) is 10.0. The fourth-order valence-electron chi connectivity index (χ4n) is 1.33. The number of nitrogens with one attached hydrogen (secondary N) is 1. The van der Waals surface area contributed by atoms with Crippen LogP contribution in [0.1, 0.15) is 17.4 Å². The molecule has 2 aromatic heterocycles. The molecule has 2 heterocycles. The molecule has 0 spiro atoms. The number of aromatic nitrogens is 1. The molecule has 0 fully saturated rings. The maximum absolute atomic E-state index is 11.9. The molecule has 0 aliphatic heterocycles. The van der Waals surface area contributed by atoms with Gasteiger partial charge in [-0.2, -0.15) is 0 Å². The molecule has 17 heavy (non-hydrogen) atoms. The molecule has 5 nitrogen and oxygen atoms in total. The van der Waals surface area contributed by atoms with Crippen molar-refractivity contribution in [2.75, 3.05) is 6.61 Å². The van der Waals surface area contributed by atoms with E-state index < -0.39 is 0 Å². The number of amides is 1. The summed E-state index contributed by atoms with van der Waals surface area (Å²) in [5.41, 5.74) is 0.243. The van der Waals surface area contributed by atoms with Gasteiger partial charge in [-0.1, -0.05) is 6.07 Å². The van der Waals surface area contributed by atoms with Gasteiger partial charge in [0.15, 0.2) is 17.8 Å². The third kappa shape index (κ3) is 2.54. The van der Waals surface area contributed by atoms with Crippen molar-refractivity contribution in [2.24, 2.45) is 0 Å². The highest BCUT2D eigenvalue weighted by atomic mass is 32.1. The molecular formula is C11H12N2O3S. The number of thiophene rings is 1. The molecular weight excluding hydrogens is 240 g/mol. The highest BCUT2D eigenvalue weighted by Gasteiger charge is 2.19. The summed E-state index contributed by atoms with van der Waals surface area (Å²) in [7, 11) is 0. The number of aliphatic hydroxyl groups excluding tert-OH is 1. The molecule has 0 saturated heterocycles. The van der Waals surface area contributed by atoms with Crippen LogP contribution in [0.15, 0.2) is 28.3 Å². The Morgan fingerprint density at radius 2 is 2.53 bits per heavy atom. The molecule has 0 aliphatic rings. The zero-order valence-electron chi connectivity index (χ0n) is 9.21. The van der Waals surface area contributed by atoms with Crippen molar-refractivity contribution >= 4 is 17.2 Å². The second-order valence-electron chi connectivity index (χ2n) is 3.56. The molecule has 6 heteroatoms. The van der Waals surface area contributed by atoms with Gasteiger partial charge >= 0.3 is 0 Å². The third-order valence-electron chi connectivity index (χ3n) is 2.18. The van der Waals surface area contributed by atoms with E-state index in [1.54, 1.807) is 6.92 Å². The third-order valence-corrected chi connectivity index (χ3v) is 3.05. The maximum Gasteiger partial charge on any atom is 0.274 e. The van der Waals surface area contributed by atoms with Crippen LogP contribution < -0.4 is 5.32 Å². The number of oxazole rings is 1. The first kappa shape index (κ1) is 11.8. The first-order chi connectivity index (χ1) is 8.22. The van der Waals surface area contributed by atoms with E-state index in [-0.39, 0.29) is 24.2 Å². The number of rotatable bonds is 4. The first-order valence-electron chi connectivity index (χ1n) is 5.11. The molecule has 2 N–H and O–H groups in total. The summed E-state index contributed by atoms with van der Waals surface area (Å²) in [6, 6.07) is 3.42. The lowest BCUT2D eigenvalue weighted by molar-refractivity contribution is 0.0918. The summed E-state index contributed by atoms with van der Waals surface area (Å²) >= 11 is 1.47. The van der Waals surface area contributed by atoms with Gasteiger partial charge in [0.1, 0.15) is 0 Å². The second-order valence-corrected chi connectivity index (χ2v) is 4.51. The first-order valence-corrected chi connectivity index (χ1v) is 5.99. The lowest BCUT2D eigenvalue weighted by Crippen LogP contribution is -2.35. The molecule has 0 radical (unpaired) electrons. The Bertz CT molecular complexity index is 493. The average molecular weight is 252 g/mol. The Morgan fingerprint density at radius 1 is 1.71 bits per heavy atom. The van der Waals surface area contributed by atoms with Gasteiger partial charge in [0, 0.05) is 6.04 Å². The molecule has 1 amide bonds. The predicted octanol–water partition coefficient (Wildman–Crippen LogP) is 1.51. The topological polar surface area (TPSA) is 75.4 Å². The van der Waals surface area contributed by atoms with Crippen molar-refractivity contribution in [1.82, 2.24) is 10.3 Å². The van der Waals surface area contributed by atoms with E-state index >= 15 is 0 Å². The van der Waals surface area contributed by atoms with Crippen LogP contribution in [0.25, 0.3) is 10.6 Å². The largest absolute Gasteiger partial charge is 0.442 e. The SMILES string of the molecule is CC(CO)NC(=O)c1ncoc1-c1cccs1. The number of hydrogen-bond donors (Lipinski definition) is 2. The Balaban J connectivity index is 2.22. The highest BCUT2D eigenvalue weighted by molar-refractivity contribution is 7.13. The fraction of sp³-hybridized carbons (Fsp3) is 0.273. The smallest absolute Gasteiger partial charge is 0.274 e. The minimum Gasteiger partial charge on any atom is -0.442 e. The second kappa shape index (κ2) is 5.11. The van der Waals surface area contributed by atoms with Gasteiger partial charge in [-0.25, -0.2) is 4.98 Å². The van der Waals surface area contributed by atoms with Crippen LogP contribution in [-0.4, -0.2) is 28.6 Å². The lowest BCUT2D eigenvalue weighted by atomic mass is 10.2. The summed E-state index contributed by atoms with van der Waals surface area (Å²) in [6.45, 7) is 1.60. The number of nitrogens with zero attached hydrogens (tertiary/aromatic N) is 1. The van der Waals surface area contributed by atoms with E-state index in [2.05, 4.69) is 10.3 Å². The van der Waals surface area contributed by atoms with E-state index in [1.165, 1.54) is 17.7 Å². The summed E-state index contributed by atoms with van der Waals surface area (Å²) in [5, 5.41) is 13.4. The molecule has 2 rings (SSSR count). The Labute approximate surface area is 102 Å². The van der Waals surface area contributed by atoms with E-state index in [0.717, 1.165) is 4.88 Å². The standard InChI is InChI=1S/C11H12N2O3S/c1-7(5-14)13-11(15)9-10(16-6-12-9)8-3-2-4-17-8/h2-4,6-7,14H,5H2,1H3,(H,13,15). The minimum absolute atomic E-state index is 0.113. The molecule has 1 unspecified atom stereocenters. The van der Waals surface area contributed by atoms with E-state index in [0.29, 0.717) is 5.76 Å². The predicted molar refractivity (Wildman–Crippen MR) is 63.8 cm³/mol. The van der Waals surface area contributed by atoms with E-state index in [9.17, 15) is 4.79 Å². The number of carbonyl (C=O) groups is 1. The van der Waals surface area contributed by atoms with Gasteiger partial charge in [-0.15, -0.1) is 11.3 Å². The fourth-order valence-corrected chi connectivity index (χ4v) is 2.04. The molecule has 1 atom stereocenters. The summed E-state index contributed by atoms with van der Waals surface area (Å²) in [5.74, 6) is 0.117. The van der Waals surface area contributed by atoms with Crippen molar-refractivity contribution in [2.45, 2.75) is 13.0 Å². The summed E-state index contributed by atoms with van der Waals surface area (Å²) < 4.78 is 5.22. The van der Waals surface area contributed by atoms with Gasteiger partial charge in [0.05, 0.1) is 11.5 Å². The van der Waals surface area contributed by atoms with Gasteiger partial charge in [-0.3, -0.25) is 4.79 Å². The van der Waals surface area contributed by atoms with Crippen LogP contribution in [0.2, 0.25) is 0 Å². The Hall–Kier alpha value is -1.66. The molecule has 0 bridgehead atoms. The Morgan fingerprint density at radius 3 is 3.18 bits per heavy atom. The van der Waals surface area contributed by atoms with E-state index in [4.69, 9.17) is 9.52 Å². The van der Waals surface area contributed by atoms with Crippen LogP contribution in [0, 0.1) is 0 Å². The van der Waals surface area contributed by atoms with Crippen molar-refractivity contribution in [1.29, 1.82) is 0 Å². The van der Waals surface area contributed by atoms with Crippen molar-refractivity contribution in [3.8, 4) is 10.6 Å². The van der Waals surface area contributed by atoms with Gasteiger partial charge in [0.2, 0.25) is 0 Å². The minimum atomic E-state index is -0.344. The summed E-state index contributed by atoms with van der Waals surface area (Å²) in [4.78, 5) is 16.6. The zero-order chi connectivity index (χ0) is 12.3. The van der Waals surface area contributed by atoms with Gasteiger partial charge in [0.25, 0.3) is 5.91 Å². The number of carbonyl (C=O) groups excluding carboxylic acids is 1. The molecule has 2 aromatic rings. The molecule has 90 valence electrons. The molecule has 0 aliphatic carbocycles. The quantitative estimate of drug-likeness (QED) is 0.865. The van der Waals surface area contributed by atoms with Crippen LogP contribution in [0.4, 0.5) is 0 Å². The van der Waals surface area contributed by atoms with Gasteiger partial charge < -0.3 is 14.8 Å². The highest BCUT2D eigenvalue weighted by Crippen LogP contribution is 2.27. The maximum atomic E-state index is 11.9. The van der Waals surface area contributed by atoms with Crippen molar-refractivity contribution in [3.05, 3.63) is 29.6 Å². The van der Waals surface area contributed by atoms with Crippen molar-refractivity contribution < 1.29 is 14.3 Å². The van der Waals surface area contributed by atoms with E-state index in [1.807, 2.05) is 17.5 Å². The van der Waals surface area contributed by atoms with Crippen LogP contribution in [-0.2, 0) is 0 Å². The summed E-state index contributed by atoms with van der Waals surface area (Å²) in [6.07, 6.45) is 1.24. The van der Waals surface area contributed by atoms with Crippen LogP contribution >= 0.6 is 11.3 Å².